The molecule has 0 amide bonds. The lowest BCUT2D eigenvalue weighted by atomic mass is 9.99. The largest absolute Gasteiger partial charge is 0.507 e. The number of hydrogen-bond acceptors (Lipinski definition) is 4. The lowest BCUT2D eigenvalue weighted by Gasteiger charge is -2.29. The smallest absolute Gasteiger partial charge is 0.311 e. The molecule has 5 heteroatoms. The van der Waals surface area contributed by atoms with Gasteiger partial charge in [-0.05, 0) is 70.5 Å². The standard InChI is InChI=1S/C35H31O4P/c1-24(2)21-25-11-15-27(16-12-25)28-17-13-26(14-18-28)23-38-29-19-20-32(36)35(22-29)40(37)34-10-6-4-8-31(34)30-7-3-5-9-33(30)39-40/h3-20,22,24,36H,21,23H2,1-2H3. The van der Waals surface area contributed by atoms with Crippen molar-refractivity contribution in [2.24, 2.45) is 5.92 Å². The Morgan fingerprint density at radius 3 is 2.05 bits per heavy atom. The van der Waals surface area contributed by atoms with Crippen LogP contribution < -0.4 is 19.9 Å². The van der Waals surface area contributed by atoms with Crippen molar-refractivity contribution >= 4 is 18.0 Å². The first-order chi connectivity index (χ1) is 19.4. The first-order valence-electron chi connectivity index (χ1n) is 13.5. The second-order valence-electron chi connectivity index (χ2n) is 10.6. The fourth-order valence-electron chi connectivity index (χ4n) is 5.19. The summed E-state index contributed by atoms with van der Waals surface area (Å²) in [6.45, 7) is 4.80. The van der Waals surface area contributed by atoms with Gasteiger partial charge in [0.2, 0.25) is 0 Å². The number of para-hydroxylation sites is 1. The molecule has 5 aromatic carbocycles. The Morgan fingerprint density at radius 2 is 1.35 bits per heavy atom. The van der Waals surface area contributed by atoms with Crippen molar-refractivity contribution < 1.29 is 18.9 Å². The van der Waals surface area contributed by atoms with Crippen LogP contribution in [-0.4, -0.2) is 5.11 Å². The zero-order chi connectivity index (χ0) is 27.7. The van der Waals surface area contributed by atoms with Gasteiger partial charge in [0, 0.05) is 5.56 Å². The first kappa shape index (κ1) is 26.0. The van der Waals surface area contributed by atoms with Gasteiger partial charge in [0.25, 0.3) is 0 Å². The van der Waals surface area contributed by atoms with E-state index < -0.39 is 7.37 Å². The molecule has 0 bridgehead atoms. The molecule has 0 aromatic heterocycles. The van der Waals surface area contributed by atoms with Crippen LogP contribution in [-0.2, 0) is 17.6 Å². The summed E-state index contributed by atoms with van der Waals surface area (Å²) in [7, 11) is -3.63. The van der Waals surface area contributed by atoms with E-state index in [4.69, 9.17) is 9.26 Å². The van der Waals surface area contributed by atoms with Gasteiger partial charge in [0.1, 0.15) is 23.9 Å². The minimum atomic E-state index is -3.63. The summed E-state index contributed by atoms with van der Waals surface area (Å²) in [5.74, 6) is 1.59. The van der Waals surface area contributed by atoms with E-state index in [-0.39, 0.29) is 11.1 Å². The van der Waals surface area contributed by atoms with Gasteiger partial charge in [0.05, 0.1) is 10.6 Å². The SMILES string of the molecule is CC(C)Cc1ccc(-c2ccc(COc3ccc(O)c(P4(=O)Oc5ccccc5-c5ccccc54)c3)cc2)cc1. The highest BCUT2D eigenvalue weighted by Crippen LogP contribution is 2.55. The van der Waals surface area contributed by atoms with Crippen LogP contribution in [0.1, 0.15) is 25.0 Å². The number of hydrogen-bond donors (Lipinski definition) is 1. The molecular formula is C35H31O4P. The van der Waals surface area contributed by atoms with E-state index in [1.165, 1.54) is 17.2 Å². The Hall–Kier alpha value is -4.27. The van der Waals surface area contributed by atoms with Crippen LogP contribution in [0.25, 0.3) is 22.3 Å². The van der Waals surface area contributed by atoms with E-state index in [9.17, 15) is 9.67 Å². The van der Waals surface area contributed by atoms with Crippen molar-refractivity contribution in [2.75, 3.05) is 0 Å². The second kappa shape index (κ2) is 10.7. The molecule has 0 radical (unpaired) electrons. The number of benzene rings is 5. The van der Waals surface area contributed by atoms with Crippen molar-refractivity contribution in [3.63, 3.8) is 0 Å². The second-order valence-corrected chi connectivity index (χ2v) is 12.8. The normalized spacial score (nSPS) is 15.7. The average Bonchev–Trinajstić information content (AvgIpc) is 2.97. The molecule has 1 heterocycles. The van der Waals surface area contributed by atoms with Crippen molar-refractivity contribution in [3.8, 4) is 39.5 Å². The van der Waals surface area contributed by atoms with E-state index in [1.54, 1.807) is 24.3 Å². The monoisotopic (exact) mass is 546 g/mol. The van der Waals surface area contributed by atoms with Gasteiger partial charge < -0.3 is 14.4 Å². The van der Waals surface area contributed by atoms with Gasteiger partial charge in [-0.3, -0.25) is 4.57 Å². The van der Waals surface area contributed by atoms with Crippen LogP contribution in [0.3, 0.4) is 0 Å². The molecule has 1 aliphatic rings. The number of phenols is 1. The molecule has 0 aliphatic carbocycles. The van der Waals surface area contributed by atoms with Crippen LogP contribution in [0.2, 0.25) is 0 Å². The minimum absolute atomic E-state index is 0.0892. The van der Waals surface area contributed by atoms with Crippen molar-refractivity contribution in [2.45, 2.75) is 26.9 Å². The molecule has 4 nitrogen and oxygen atoms in total. The Labute approximate surface area is 235 Å². The molecule has 6 rings (SSSR count). The number of aromatic hydroxyl groups is 1. The van der Waals surface area contributed by atoms with Gasteiger partial charge >= 0.3 is 7.37 Å². The molecular weight excluding hydrogens is 515 g/mol. The molecule has 0 saturated heterocycles. The predicted molar refractivity (Wildman–Crippen MR) is 162 cm³/mol. The topological polar surface area (TPSA) is 55.8 Å². The third kappa shape index (κ3) is 5.03. The molecule has 1 aliphatic heterocycles. The molecule has 0 fully saturated rings. The quantitative estimate of drug-likeness (QED) is 0.210. The van der Waals surface area contributed by atoms with Crippen LogP contribution >= 0.6 is 7.37 Å². The van der Waals surface area contributed by atoms with Crippen LogP contribution in [0.15, 0.2) is 115 Å². The molecule has 40 heavy (non-hydrogen) atoms. The highest BCUT2D eigenvalue weighted by atomic mass is 31.2. The Morgan fingerprint density at radius 1 is 0.725 bits per heavy atom. The summed E-state index contributed by atoms with van der Waals surface area (Å²) in [5.41, 5.74) is 6.42. The van der Waals surface area contributed by atoms with Gasteiger partial charge in [-0.1, -0.05) is 98.8 Å². The highest BCUT2D eigenvalue weighted by Gasteiger charge is 2.39. The third-order valence-corrected chi connectivity index (χ3v) is 9.65. The van der Waals surface area contributed by atoms with Crippen molar-refractivity contribution in [1.82, 2.24) is 0 Å². The van der Waals surface area contributed by atoms with Crippen LogP contribution in [0.4, 0.5) is 0 Å². The minimum Gasteiger partial charge on any atom is -0.507 e. The molecule has 1 atom stereocenters. The lowest BCUT2D eigenvalue weighted by molar-refractivity contribution is 0.306. The summed E-state index contributed by atoms with van der Waals surface area (Å²) in [6, 6.07) is 36.9. The first-order valence-corrected chi connectivity index (χ1v) is 15.2. The van der Waals surface area contributed by atoms with E-state index in [0.29, 0.717) is 29.3 Å². The van der Waals surface area contributed by atoms with Gasteiger partial charge in [-0.2, -0.15) is 0 Å². The fourth-order valence-corrected chi connectivity index (χ4v) is 7.55. The summed E-state index contributed by atoms with van der Waals surface area (Å²) < 4.78 is 26.7. The summed E-state index contributed by atoms with van der Waals surface area (Å²) in [6.07, 6.45) is 1.08. The Kier molecular flexibility index (Phi) is 6.96. The van der Waals surface area contributed by atoms with E-state index in [1.807, 2.05) is 36.4 Å². The number of fused-ring (bicyclic) bond motifs is 3. The van der Waals surface area contributed by atoms with E-state index in [0.717, 1.165) is 28.7 Å². The average molecular weight is 547 g/mol. The summed E-state index contributed by atoms with van der Waals surface area (Å²) in [4.78, 5) is 0. The number of rotatable bonds is 7. The molecule has 200 valence electrons. The Bertz CT molecular complexity index is 1710. The maximum absolute atomic E-state index is 14.5. The van der Waals surface area contributed by atoms with Crippen molar-refractivity contribution in [3.05, 3.63) is 126 Å². The number of phenolic OH excluding ortho intramolecular Hbond substituents is 1. The predicted octanol–water partition coefficient (Wildman–Crippen LogP) is 8.13. The molecule has 5 aromatic rings. The summed E-state index contributed by atoms with van der Waals surface area (Å²) >= 11 is 0. The maximum atomic E-state index is 14.5. The molecule has 0 spiro atoms. The van der Waals surface area contributed by atoms with Crippen molar-refractivity contribution in [1.29, 1.82) is 0 Å². The molecule has 1 unspecified atom stereocenters. The highest BCUT2D eigenvalue weighted by molar-refractivity contribution is 7.75. The maximum Gasteiger partial charge on any atom is 0.311 e. The van der Waals surface area contributed by atoms with Gasteiger partial charge in [-0.15, -0.1) is 0 Å². The van der Waals surface area contributed by atoms with Gasteiger partial charge in [-0.25, -0.2) is 0 Å². The fraction of sp³-hybridized carbons (Fsp3) is 0.143. The van der Waals surface area contributed by atoms with Crippen LogP contribution in [0, 0.1) is 5.92 Å². The van der Waals surface area contributed by atoms with Gasteiger partial charge in [0.15, 0.2) is 0 Å². The molecule has 1 N–H and O–H groups in total. The molecule has 0 saturated carbocycles. The van der Waals surface area contributed by atoms with E-state index >= 15 is 0 Å². The Balaban J connectivity index is 1.22. The summed E-state index contributed by atoms with van der Waals surface area (Å²) in [5, 5.41) is 11.6. The number of ether oxygens (including phenoxy) is 1. The zero-order valence-electron chi connectivity index (χ0n) is 22.6. The van der Waals surface area contributed by atoms with E-state index in [2.05, 4.69) is 62.4 Å². The van der Waals surface area contributed by atoms with Crippen LogP contribution in [0.5, 0.6) is 17.2 Å². The lowest BCUT2D eigenvalue weighted by Crippen LogP contribution is -2.25. The third-order valence-electron chi connectivity index (χ3n) is 7.18. The zero-order valence-corrected chi connectivity index (χ0v) is 23.5.